The van der Waals surface area contributed by atoms with Gasteiger partial charge in [0, 0.05) is 11.8 Å². The molecule has 0 saturated carbocycles. The third-order valence-corrected chi connectivity index (χ3v) is 4.80. The molecule has 150 valence electrons. The number of carbonyl (C=O) groups excluding carboxylic acids is 2. The van der Waals surface area contributed by atoms with E-state index in [1.807, 2.05) is 13.8 Å². The second-order valence-corrected chi connectivity index (χ2v) is 6.84. The molecule has 0 atom stereocenters. The summed E-state index contributed by atoms with van der Waals surface area (Å²) in [6.07, 6.45) is 3.14. The third-order valence-electron chi connectivity index (χ3n) is 4.80. The molecular weight excluding hydrogens is 376 g/mol. The zero-order valence-electron chi connectivity index (χ0n) is 16.1. The molecule has 3 amide bonds. The molecule has 1 N–H and O–H groups in total. The van der Waals surface area contributed by atoms with Gasteiger partial charge < -0.3 is 14.5 Å². The number of aryl methyl sites for hydroxylation is 2. The molecule has 1 aliphatic rings. The summed E-state index contributed by atoms with van der Waals surface area (Å²) in [7, 11) is 0. The predicted molar refractivity (Wildman–Crippen MR) is 101 cm³/mol. The molecule has 4 rings (SSSR count). The largest absolute Gasteiger partial charge is 0.390 e. The summed E-state index contributed by atoms with van der Waals surface area (Å²) >= 11 is 0. The van der Waals surface area contributed by atoms with Crippen LogP contribution in [0.1, 0.15) is 28.4 Å². The van der Waals surface area contributed by atoms with Gasteiger partial charge in [-0.2, -0.15) is 5.10 Å². The molecule has 29 heavy (non-hydrogen) atoms. The highest BCUT2D eigenvalue weighted by Crippen LogP contribution is 2.23. The van der Waals surface area contributed by atoms with Crippen molar-refractivity contribution >= 4 is 17.6 Å². The summed E-state index contributed by atoms with van der Waals surface area (Å²) in [5.74, 6) is 0.377. The second-order valence-electron chi connectivity index (χ2n) is 6.84. The molecule has 1 saturated heterocycles. The average molecular weight is 396 g/mol. The molecular formula is C19H20N6O4. The lowest BCUT2D eigenvalue weighted by Gasteiger charge is -2.15. The van der Waals surface area contributed by atoms with Crippen LogP contribution in [0, 0.1) is 13.8 Å². The number of hydrogen-bond acceptors (Lipinski definition) is 7. The van der Waals surface area contributed by atoms with E-state index in [9.17, 15) is 14.7 Å². The maximum absolute atomic E-state index is 12.8. The lowest BCUT2D eigenvalue weighted by molar-refractivity contribution is -0.116. The highest BCUT2D eigenvalue weighted by Gasteiger charge is 2.38. The van der Waals surface area contributed by atoms with E-state index in [1.54, 1.807) is 29.1 Å². The van der Waals surface area contributed by atoms with Crippen molar-refractivity contribution in [3.8, 4) is 0 Å². The van der Waals surface area contributed by atoms with Crippen molar-refractivity contribution in [2.45, 2.75) is 33.5 Å². The van der Waals surface area contributed by atoms with E-state index >= 15 is 0 Å². The lowest BCUT2D eigenvalue weighted by Crippen LogP contribution is -2.32. The standard InChI is InChI=1S/C19H20N6O4/c1-12-17(13(2)29-22-12)9-24-8-16(6-20-24)25-18(27)10-23(19(25)28)7-14-4-3-5-15(11-26)21-14/h3-6,8,26H,7,9-11H2,1-2H3. The molecule has 0 aliphatic carbocycles. The Balaban J connectivity index is 1.50. The Morgan fingerprint density at radius 2 is 1.97 bits per heavy atom. The Morgan fingerprint density at radius 3 is 2.69 bits per heavy atom. The first kappa shape index (κ1) is 18.8. The number of anilines is 1. The van der Waals surface area contributed by atoms with E-state index in [2.05, 4.69) is 15.2 Å². The first-order valence-corrected chi connectivity index (χ1v) is 9.08. The van der Waals surface area contributed by atoms with E-state index in [0.717, 1.165) is 16.2 Å². The molecule has 4 heterocycles. The number of aliphatic hydroxyl groups is 1. The zero-order valence-corrected chi connectivity index (χ0v) is 16.1. The van der Waals surface area contributed by atoms with Gasteiger partial charge in [-0.05, 0) is 26.0 Å². The minimum absolute atomic E-state index is 0.0427. The summed E-state index contributed by atoms with van der Waals surface area (Å²) in [5, 5.41) is 17.4. The van der Waals surface area contributed by atoms with Gasteiger partial charge in [0.15, 0.2) is 0 Å². The van der Waals surface area contributed by atoms with Crippen LogP contribution in [0.2, 0.25) is 0 Å². The van der Waals surface area contributed by atoms with Crippen molar-refractivity contribution in [3.05, 3.63) is 59.0 Å². The molecule has 10 nitrogen and oxygen atoms in total. The number of amides is 3. The van der Waals surface area contributed by atoms with Crippen LogP contribution in [0.5, 0.6) is 0 Å². The van der Waals surface area contributed by atoms with Gasteiger partial charge in [-0.25, -0.2) is 9.69 Å². The first-order valence-electron chi connectivity index (χ1n) is 9.08. The Hall–Kier alpha value is -3.53. The lowest BCUT2D eigenvalue weighted by atomic mass is 10.2. The van der Waals surface area contributed by atoms with Gasteiger partial charge in [-0.3, -0.25) is 14.5 Å². The number of urea groups is 1. The quantitative estimate of drug-likeness (QED) is 0.626. The van der Waals surface area contributed by atoms with E-state index < -0.39 is 6.03 Å². The van der Waals surface area contributed by atoms with Crippen molar-refractivity contribution in [1.82, 2.24) is 24.8 Å². The number of hydrogen-bond donors (Lipinski definition) is 1. The fourth-order valence-corrected chi connectivity index (χ4v) is 3.27. The summed E-state index contributed by atoms with van der Waals surface area (Å²) in [4.78, 5) is 32.1. The van der Waals surface area contributed by atoms with Crippen LogP contribution in [0.15, 0.2) is 35.1 Å². The van der Waals surface area contributed by atoms with Gasteiger partial charge in [-0.15, -0.1) is 0 Å². The van der Waals surface area contributed by atoms with Crippen LogP contribution < -0.4 is 4.90 Å². The normalized spacial score (nSPS) is 14.3. The fourth-order valence-electron chi connectivity index (χ4n) is 3.27. The molecule has 3 aromatic rings. The first-order chi connectivity index (χ1) is 14.0. The maximum Gasteiger partial charge on any atom is 0.332 e. The molecule has 10 heteroatoms. The summed E-state index contributed by atoms with van der Waals surface area (Å²) in [5.41, 5.74) is 3.21. The highest BCUT2D eigenvalue weighted by atomic mass is 16.5. The van der Waals surface area contributed by atoms with Gasteiger partial charge in [0.1, 0.15) is 12.3 Å². The molecule has 3 aromatic heterocycles. The van der Waals surface area contributed by atoms with Crippen molar-refractivity contribution in [2.24, 2.45) is 0 Å². The second kappa shape index (κ2) is 7.47. The predicted octanol–water partition coefficient (Wildman–Crippen LogP) is 1.39. The number of aliphatic hydroxyl groups excluding tert-OH is 1. The molecule has 0 aromatic carbocycles. The van der Waals surface area contributed by atoms with Gasteiger partial charge in [0.2, 0.25) is 0 Å². The van der Waals surface area contributed by atoms with Crippen molar-refractivity contribution in [2.75, 3.05) is 11.4 Å². The third kappa shape index (κ3) is 3.61. The molecule has 1 aliphatic heterocycles. The minimum Gasteiger partial charge on any atom is -0.390 e. The Morgan fingerprint density at radius 1 is 1.17 bits per heavy atom. The topological polar surface area (TPSA) is 118 Å². The zero-order chi connectivity index (χ0) is 20.5. The summed E-state index contributed by atoms with van der Waals surface area (Å²) in [6, 6.07) is 4.77. The summed E-state index contributed by atoms with van der Waals surface area (Å²) < 4.78 is 6.79. The fraction of sp³-hybridized carbons (Fsp3) is 0.316. The Kier molecular flexibility index (Phi) is 4.85. The van der Waals surface area contributed by atoms with Crippen molar-refractivity contribution < 1.29 is 19.2 Å². The van der Waals surface area contributed by atoms with E-state index in [1.165, 1.54) is 11.1 Å². The molecule has 0 unspecified atom stereocenters. The van der Waals surface area contributed by atoms with E-state index in [-0.39, 0.29) is 25.6 Å². The Bertz CT molecular complexity index is 1050. The molecule has 1 fully saturated rings. The van der Waals surface area contributed by atoms with Crippen molar-refractivity contribution in [3.63, 3.8) is 0 Å². The van der Waals surface area contributed by atoms with Crippen LogP contribution >= 0.6 is 0 Å². The van der Waals surface area contributed by atoms with Crippen LogP contribution in [0.4, 0.5) is 10.5 Å². The van der Waals surface area contributed by atoms with Crippen LogP contribution in [-0.4, -0.2) is 48.4 Å². The smallest absolute Gasteiger partial charge is 0.332 e. The summed E-state index contributed by atoms with van der Waals surface area (Å²) in [6.45, 7) is 4.06. The van der Waals surface area contributed by atoms with Gasteiger partial charge in [-0.1, -0.05) is 11.2 Å². The number of pyridine rings is 1. The SMILES string of the molecule is Cc1noc(C)c1Cn1cc(N2C(=O)CN(Cc3cccc(CO)n3)C2=O)cn1. The van der Waals surface area contributed by atoms with Crippen molar-refractivity contribution in [1.29, 1.82) is 0 Å². The number of imide groups is 1. The van der Waals surface area contributed by atoms with Crippen LogP contribution in [0.3, 0.4) is 0 Å². The molecule has 0 spiro atoms. The maximum atomic E-state index is 12.8. The number of nitrogens with zero attached hydrogens (tertiary/aromatic N) is 6. The highest BCUT2D eigenvalue weighted by molar-refractivity contribution is 6.19. The Labute approximate surface area is 166 Å². The van der Waals surface area contributed by atoms with E-state index in [4.69, 9.17) is 4.52 Å². The molecule has 0 bridgehead atoms. The van der Waals surface area contributed by atoms with Gasteiger partial charge >= 0.3 is 6.03 Å². The molecule has 0 radical (unpaired) electrons. The monoisotopic (exact) mass is 396 g/mol. The van der Waals surface area contributed by atoms with Gasteiger partial charge in [0.05, 0.1) is 48.7 Å². The van der Waals surface area contributed by atoms with Gasteiger partial charge in [0.25, 0.3) is 5.91 Å². The number of aromatic nitrogens is 4. The number of carbonyl (C=O) groups is 2. The minimum atomic E-state index is -0.428. The van der Waals surface area contributed by atoms with Crippen LogP contribution in [0.25, 0.3) is 0 Å². The number of rotatable bonds is 6. The van der Waals surface area contributed by atoms with Crippen LogP contribution in [-0.2, 0) is 24.5 Å². The van der Waals surface area contributed by atoms with E-state index in [0.29, 0.717) is 29.4 Å². The average Bonchev–Trinajstić information content (AvgIpc) is 3.37.